The van der Waals surface area contributed by atoms with Crippen LogP contribution in [0.5, 0.6) is 0 Å². The molecule has 1 saturated carbocycles. The van der Waals surface area contributed by atoms with Crippen molar-refractivity contribution in [3.63, 3.8) is 0 Å². The Morgan fingerprint density at radius 3 is 2.54 bits per heavy atom. The Morgan fingerprint density at radius 1 is 1.14 bits per heavy atom. The molecule has 4 rings (SSSR count). The van der Waals surface area contributed by atoms with Gasteiger partial charge in [0.15, 0.2) is 0 Å². The van der Waals surface area contributed by atoms with E-state index in [1.807, 2.05) is 39.0 Å². The minimum absolute atomic E-state index is 0.0459. The maximum Gasteiger partial charge on any atom is 0.266 e. The van der Waals surface area contributed by atoms with Crippen molar-refractivity contribution in [1.29, 1.82) is 0 Å². The fraction of sp³-hybridized carbons (Fsp3) is 0.333. The summed E-state index contributed by atoms with van der Waals surface area (Å²) >= 11 is 1.39. The molecule has 6 nitrogen and oxygen atoms in total. The third kappa shape index (κ3) is 3.62. The van der Waals surface area contributed by atoms with Crippen LogP contribution in [0.25, 0.3) is 10.2 Å². The van der Waals surface area contributed by atoms with Crippen LogP contribution in [0.2, 0.25) is 0 Å². The molecule has 0 saturated heterocycles. The minimum atomic E-state index is -0.177. The second kappa shape index (κ2) is 7.31. The molecular weight excluding hydrogens is 372 g/mol. The Morgan fingerprint density at radius 2 is 1.86 bits per heavy atom. The van der Waals surface area contributed by atoms with Gasteiger partial charge >= 0.3 is 0 Å². The number of benzene rings is 1. The third-order valence-electron chi connectivity index (χ3n) is 4.88. The highest BCUT2D eigenvalue weighted by molar-refractivity contribution is 7.20. The Labute approximate surface area is 167 Å². The predicted molar refractivity (Wildman–Crippen MR) is 112 cm³/mol. The van der Waals surface area contributed by atoms with Crippen LogP contribution in [0.3, 0.4) is 0 Å². The van der Waals surface area contributed by atoms with Crippen molar-refractivity contribution in [2.75, 3.05) is 10.6 Å². The summed E-state index contributed by atoms with van der Waals surface area (Å²) in [6, 6.07) is 7.24. The van der Waals surface area contributed by atoms with E-state index in [0.717, 1.165) is 46.6 Å². The highest BCUT2D eigenvalue weighted by Crippen LogP contribution is 2.32. The largest absolute Gasteiger partial charge is 0.326 e. The SMILES string of the molecule is CCc1nc(C)c2c(C)c(C(=O)Nc3cccc(NC(=O)C4CC4)c3)sc2n1. The molecule has 1 aliphatic carbocycles. The van der Waals surface area contributed by atoms with E-state index in [-0.39, 0.29) is 17.7 Å². The number of nitrogens with one attached hydrogen (secondary N) is 2. The molecule has 28 heavy (non-hydrogen) atoms. The molecule has 2 N–H and O–H groups in total. The van der Waals surface area contributed by atoms with Crippen LogP contribution in [0, 0.1) is 19.8 Å². The molecule has 1 aliphatic rings. The lowest BCUT2D eigenvalue weighted by Gasteiger charge is -2.08. The third-order valence-corrected chi connectivity index (χ3v) is 6.06. The molecule has 0 atom stereocenters. The normalized spacial score (nSPS) is 13.5. The molecule has 0 radical (unpaired) electrons. The number of aromatic nitrogens is 2. The summed E-state index contributed by atoms with van der Waals surface area (Å²) in [6.07, 6.45) is 2.67. The average molecular weight is 395 g/mol. The Bertz CT molecular complexity index is 1090. The maximum absolute atomic E-state index is 12.9. The fourth-order valence-corrected chi connectivity index (χ4v) is 4.37. The zero-order valence-electron chi connectivity index (χ0n) is 16.1. The van der Waals surface area contributed by atoms with E-state index in [9.17, 15) is 9.59 Å². The standard InChI is InChI=1S/C21H22N4O2S/c1-4-16-22-12(3)17-11(2)18(28-21(17)25-16)20(27)24-15-7-5-6-14(10-15)23-19(26)13-8-9-13/h5-7,10,13H,4,8-9H2,1-3H3,(H,23,26)(H,24,27). The van der Waals surface area contributed by atoms with Crippen LogP contribution < -0.4 is 10.6 Å². The van der Waals surface area contributed by atoms with Crippen molar-refractivity contribution in [2.24, 2.45) is 5.92 Å². The molecule has 2 aromatic heterocycles. The van der Waals surface area contributed by atoms with Gasteiger partial charge < -0.3 is 10.6 Å². The summed E-state index contributed by atoms with van der Waals surface area (Å²) < 4.78 is 0. The van der Waals surface area contributed by atoms with Crippen molar-refractivity contribution in [2.45, 2.75) is 40.0 Å². The molecule has 0 unspecified atom stereocenters. The van der Waals surface area contributed by atoms with E-state index >= 15 is 0 Å². The molecular formula is C21H22N4O2S. The van der Waals surface area contributed by atoms with Gasteiger partial charge in [-0.2, -0.15) is 0 Å². The topological polar surface area (TPSA) is 84.0 Å². The monoisotopic (exact) mass is 394 g/mol. The van der Waals surface area contributed by atoms with Gasteiger partial charge in [-0.1, -0.05) is 13.0 Å². The number of rotatable bonds is 5. The summed E-state index contributed by atoms with van der Waals surface area (Å²) in [6.45, 7) is 5.91. The van der Waals surface area contributed by atoms with E-state index in [1.54, 1.807) is 6.07 Å². The molecule has 0 spiro atoms. The lowest BCUT2D eigenvalue weighted by atomic mass is 10.1. The van der Waals surface area contributed by atoms with Gasteiger partial charge in [0.05, 0.1) is 4.88 Å². The first-order valence-electron chi connectivity index (χ1n) is 9.45. The van der Waals surface area contributed by atoms with Gasteiger partial charge in [-0.05, 0) is 50.5 Å². The zero-order chi connectivity index (χ0) is 19.8. The number of nitrogens with zero attached hydrogens (tertiary/aromatic N) is 2. The Balaban J connectivity index is 1.57. The van der Waals surface area contributed by atoms with E-state index < -0.39 is 0 Å². The first kappa shape index (κ1) is 18.6. The van der Waals surface area contributed by atoms with Crippen LogP contribution in [-0.2, 0) is 11.2 Å². The number of aryl methyl sites for hydroxylation is 3. The quantitative estimate of drug-likeness (QED) is 0.669. The van der Waals surface area contributed by atoms with E-state index in [0.29, 0.717) is 16.3 Å². The molecule has 144 valence electrons. The molecule has 2 amide bonds. The first-order valence-corrected chi connectivity index (χ1v) is 10.3. The Kier molecular flexibility index (Phi) is 4.85. The zero-order valence-corrected chi connectivity index (χ0v) is 16.9. The van der Waals surface area contributed by atoms with Gasteiger partial charge in [-0.25, -0.2) is 9.97 Å². The lowest BCUT2D eigenvalue weighted by Crippen LogP contribution is -2.14. The van der Waals surface area contributed by atoms with E-state index in [1.165, 1.54) is 11.3 Å². The van der Waals surface area contributed by atoms with Gasteiger partial charge in [0.2, 0.25) is 5.91 Å². The van der Waals surface area contributed by atoms with Crippen LogP contribution >= 0.6 is 11.3 Å². The number of hydrogen-bond donors (Lipinski definition) is 2. The lowest BCUT2D eigenvalue weighted by molar-refractivity contribution is -0.117. The summed E-state index contributed by atoms with van der Waals surface area (Å²) in [5, 5.41) is 6.80. The van der Waals surface area contributed by atoms with Crippen LogP contribution in [0.1, 0.15) is 46.5 Å². The van der Waals surface area contributed by atoms with Crippen LogP contribution in [0.4, 0.5) is 11.4 Å². The van der Waals surface area contributed by atoms with Crippen molar-refractivity contribution in [1.82, 2.24) is 9.97 Å². The number of carbonyl (C=O) groups is 2. The van der Waals surface area contributed by atoms with Gasteiger partial charge in [0, 0.05) is 34.8 Å². The van der Waals surface area contributed by atoms with Crippen molar-refractivity contribution in [3.8, 4) is 0 Å². The number of anilines is 2. The maximum atomic E-state index is 12.9. The summed E-state index contributed by atoms with van der Waals surface area (Å²) in [4.78, 5) is 35.4. The number of fused-ring (bicyclic) bond motifs is 1. The van der Waals surface area contributed by atoms with Gasteiger partial charge in [0.1, 0.15) is 10.7 Å². The molecule has 1 fully saturated rings. The van der Waals surface area contributed by atoms with Gasteiger partial charge in [-0.3, -0.25) is 9.59 Å². The number of hydrogen-bond acceptors (Lipinski definition) is 5. The van der Waals surface area contributed by atoms with Crippen LogP contribution in [0.15, 0.2) is 24.3 Å². The van der Waals surface area contributed by atoms with Crippen molar-refractivity contribution in [3.05, 3.63) is 46.2 Å². The van der Waals surface area contributed by atoms with E-state index in [2.05, 4.69) is 20.6 Å². The molecule has 2 heterocycles. The van der Waals surface area contributed by atoms with Gasteiger partial charge in [-0.15, -0.1) is 11.3 Å². The predicted octanol–water partition coefficient (Wildman–Crippen LogP) is 4.47. The number of thiophene rings is 1. The molecule has 3 aromatic rings. The highest BCUT2D eigenvalue weighted by atomic mass is 32.1. The number of amides is 2. The highest BCUT2D eigenvalue weighted by Gasteiger charge is 2.29. The summed E-state index contributed by atoms with van der Waals surface area (Å²) in [5.41, 5.74) is 3.14. The molecule has 0 bridgehead atoms. The average Bonchev–Trinajstić information content (AvgIpc) is 3.46. The second-order valence-corrected chi connectivity index (χ2v) is 8.11. The molecule has 0 aliphatic heterocycles. The molecule has 1 aromatic carbocycles. The van der Waals surface area contributed by atoms with E-state index in [4.69, 9.17) is 0 Å². The molecule has 7 heteroatoms. The fourth-order valence-electron chi connectivity index (χ4n) is 3.22. The van der Waals surface area contributed by atoms with Crippen molar-refractivity contribution < 1.29 is 9.59 Å². The van der Waals surface area contributed by atoms with Crippen LogP contribution in [-0.4, -0.2) is 21.8 Å². The first-order chi connectivity index (χ1) is 13.5. The van der Waals surface area contributed by atoms with Gasteiger partial charge in [0.25, 0.3) is 5.91 Å². The minimum Gasteiger partial charge on any atom is -0.326 e. The summed E-state index contributed by atoms with van der Waals surface area (Å²) in [5.74, 6) is 0.794. The second-order valence-electron chi connectivity index (χ2n) is 7.11. The smallest absolute Gasteiger partial charge is 0.266 e. The van der Waals surface area contributed by atoms with Crippen molar-refractivity contribution >= 4 is 44.7 Å². The Hall–Kier alpha value is -2.80. The number of carbonyl (C=O) groups excluding carboxylic acids is 2. The summed E-state index contributed by atoms with van der Waals surface area (Å²) in [7, 11) is 0.